The fourth-order valence-corrected chi connectivity index (χ4v) is 3.54. The molecule has 0 aliphatic carbocycles. The Labute approximate surface area is 180 Å². The van der Waals surface area contributed by atoms with Gasteiger partial charge in [-0.3, -0.25) is 14.0 Å². The summed E-state index contributed by atoms with van der Waals surface area (Å²) < 4.78 is 41.8. The highest BCUT2D eigenvalue weighted by Crippen LogP contribution is 2.32. The number of aromatic nitrogens is 5. The fraction of sp³-hybridized carbons (Fsp3) is 0.273. The molecule has 3 heterocycles. The zero-order valence-electron chi connectivity index (χ0n) is 17.3. The first-order valence-electron chi connectivity index (χ1n) is 9.92. The third-order valence-electron chi connectivity index (χ3n) is 5.33. The van der Waals surface area contributed by atoms with E-state index in [4.69, 9.17) is 0 Å². The molecule has 1 N–H and O–H groups in total. The van der Waals surface area contributed by atoms with E-state index in [-0.39, 0.29) is 17.6 Å². The molecule has 0 aliphatic heterocycles. The van der Waals surface area contributed by atoms with Crippen molar-refractivity contribution in [1.29, 1.82) is 0 Å². The van der Waals surface area contributed by atoms with Gasteiger partial charge >= 0.3 is 6.18 Å². The number of alkyl halides is 3. The van der Waals surface area contributed by atoms with Gasteiger partial charge in [-0.25, -0.2) is 9.97 Å². The molecule has 3 aromatic heterocycles. The second-order valence-corrected chi connectivity index (χ2v) is 7.43. The van der Waals surface area contributed by atoms with Gasteiger partial charge in [0.2, 0.25) is 0 Å². The second-order valence-electron chi connectivity index (χ2n) is 7.43. The van der Waals surface area contributed by atoms with Gasteiger partial charge in [-0.2, -0.15) is 18.3 Å². The molecule has 0 spiro atoms. The molecule has 10 heteroatoms. The molecular formula is C22H20F3N5O2. The van der Waals surface area contributed by atoms with Crippen molar-refractivity contribution in [3.63, 3.8) is 0 Å². The molecule has 1 unspecified atom stereocenters. The van der Waals surface area contributed by atoms with Crippen LogP contribution in [0.3, 0.4) is 0 Å². The molecular weight excluding hydrogens is 423 g/mol. The van der Waals surface area contributed by atoms with Crippen LogP contribution in [0.5, 0.6) is 0 Å². The van der Waals surface area contributed by atoms with E-state index in [2.05, 4.69) is 15.1 Å². The van der Waals surface area contributed by atoms with Crippen LogP contribution in [0.1, 0.15) is 24.9 Å². The highest BCUT2D eigenvalue weighted by molar-refractivity contribution is 5.93. The molecule has 0 amide bonds. The van der Waals surface area contributed by atoms with E-state index in [0.717, 1.165) is 12.1 Å². The molecule has 0 saturated heterocycles. The van der Waals surface area contributed by atoms with E-state index in [1.807, 2.05) is 6.92 Å². The molecule has 4 rings (SSSR count). The van der Waals surface area contributed by atoms with Crippen LogP contribution < -0.4 is 5.56 Å². The third kappa shape index (κ3) is 3.89. The van der Waals surface area contributed by atoms with Gasteiger partial charge in [0.15, 0.2) is 0 Å². The van der Waals surface area contributed by atoms with Gasteiger partial charge in [0.05, 0.1) is 41.8 Å². The Hall–Kier alpha value is -3.53. The predicted octanol–water partition coefficient (Wildman–Crippen LogP) is 3.82. The Balaban J connectivity index is 1.97. The summed E-state index contributed by atoms with van der Waals surface area (Å²) in [4.78, 5) is 22.3. The summed E-state index contributed by atoms with van der Waals surface area (Å²) >= 11 is 0. The summed E-state index contributed by atoms with van der Waals surface area (Å²) in [7, 11) is 1.74. The lowest BCUT2D eigenvalue weighted by molar-refractivity contribution is -0.137. The molecule has 0 radical (unpaired) electrons. The maximum Gasteiger partial charge on any atom is 0.416 e. The Morgan fingerprint density at radius 1 is 1.16 bits per heavy atom. The van der Waals surface area contributed by atoms with Crippen molar-refractivity contribution in [3.8, 4) is 22.5 Å². The first-order valence-corrected chi connectivity index (χ1v) is 9.92. The molecule has 1 atom stereocenters. The minimum atomic E-state index is -4.45. The van der Waals surface area contributed by atoms with Gasteiger partial charge in [0.25, 0.3) is 5.56 Å². The number of aryl methyl sites for hydroxylation is 1. The highest BCUT2D eigenvalue weighted by atomic mass is 19.4. The third-order valence-corrected chi connectivity index (χ3v) is 5.33. The van der Waals surface area contributed by atoms with Gasteiger partial charge in [-0.05, 0) is 24.6 Å². The normalized spacial score (nSPS) is 12.9. The van der Waals surface area contributed by atoms with E-state index < -0.39 is 17.8 Å². The Bertz CT molecular complexity index is 1320. The minimum Gasteiger partial charge on any atom is -0.394 e. The second kappa shape index (κ2) is 8.19. The van der Waals surface area contributed by atoms with Crippen molar-refractivity contribution in [2.75, 3.05) is 6.61 Å². The maximum absolute atomic E-state index is 13.3. The summed E-state index contributed by atoms with van der Waals surface area (Å²) in [5.41, 5.74) is 0.983. The van der Waals surface area contributed by atoms with Crippen molar-refractivity contribution < 1.29 is 18.3 Å². The zero-order valence-corrected chi connectivity index (χ0v) is 17.3. The molecule has 0 fully saturated rings. The smallest absolute Gasteiger partial charge is 0.394 e. The summed E-state index contributed by atoms with van der Waals surface area (Å²) in [6.45, 7) is 1.62. The van der Waals surface area contributed by atoms with E-state index in [1.165, 1.54) is 29.1 Å². The molecule has 1 aromatic carbocycles. The lowest BCUT2D eigenvalue weighted by Gasteiger charge is -2.16. The number of pyridine rings is 1. The first-order chi connectivity index (χ1) is 15.2. The number of aliphatic hydroxyl groups excluding tert-OH is 1. The van der Waals surface area contributed by atoms with Gasteiger partial charge in [-0.1, -0.05) is 19.1 Å². The largest absolute Gasteiger partial charge is 0.416 e. The number of halogens is 3. The lowest BCUT2D eigenvalue weighted by atomic mass is 10.0. The fourth-order valence-electron chi connectivity index (χ4n) is 3.54. The van der Waals surface area contributed by atoms with Gasteiger partial charge in [0.1, 0.15) is 11.2 Å². The van der Waals surface area contributed by atoms with E-state index in [1.54, 1.807) is 24.1 Å². The Morgan fingerprint density at radius 3 is 2.44 bits per heavy atom. The summed E-state index contributed by atoms with van der Waals surface area (Å²) in [6, 6.07) is 5.68. The number of rotatable bonds is 5. The molecule has 166 valence electrons. The predicted molar refractivity (Wildman–Crippen MR) is 113 cm³/mol. The number of aliphatic hydroxyl groups is 1. The van der Waals surface area contributed by atoms with Crippen LogP contribution in [0, 0.1) is 0 Å². The highest BCUT2D eigenvalue weighted by Gasteiger charge is 2.30. The minimum absolute atomic E-state index is 0.226. The number of hydrogen-bond acceptors (Lipinski definition) is 5. The molecule has 32 heavy (non-hydrogen) atoms. The van der Waals surface area contributed by atoms with Crippen LogP contribution in [0.4, 0.5) is 13.2 Å². The molecule has 4 aromatic rings. The lowest BCUT2D eigenvalue weighted by Crippen LogP contribution is -2.27. The van der Waals surface area contributed by atoms with E-state index >= 15 is 0 Å². The summed E-state index contributed by atoms with van der Waals surface area (Å²) in [6.07, 6.45) is 0.750. The number of hydrogen-bond donors (Lipinski definition) is 1. The Morgan fingerprint density at radius 2 is 1.88 bits per heavy atom. The first kappa shape index (κ1) is 21.7. The average molecular weight is 443 g/mol. The molecule has 0 saturated carbocycles. The summed E-state index contributed by atoms with van der Waals surface area (Å²) in [5.74, 6) is 0. The van der Waals surface area contributed by atoms with Crippen molar-refractivity contribution >= 4 is 10.9 Å². The van der Waals surface area contributed by atoms with Crippen LogP contribution in [0.2, 0.25) is 0 Å². The van der Waals surface area contributed by atoms with Crippen molar-refractivity contribution in [2.24, 2.45) is 7.05 Å². The standard InChI is InChI=1S/C22H20F3N5O2/c1-3-16(11-31)30-12-26-20-17(21(30)32)8-18(28-19(20)14-9-27-29(2)10-14)13-4-6-15(7-5-13)22(23,24)25/h4-10,12,16,31H,3,11H2,1-2H3. The monoisotopic (exact) mass is 443 g/mol. The van der Waals surface area contributed by atoms with Crippen LogP contribution in [0.25, 0.3) is 33.4 Å². The van der Waals surface area contributed by atoms with Crippen LogP contribution in [-0.2, 0) is 13.2 Å². The van der Waals surface area contributed by atoms with Crippen molar-refractivity contribution in [3.05, 3.63) is 65.0 Å². The van der Waals surface area contributed by atoms with Crippen molar-refractivity contribution in [2.45, 2.75) is 25.6 Å². The SMILES string of the molecule is CCC(CO)n1cnc2c(-c3cnn(C)c3)nc(-c3ccc(C(F)(F)F)cc3)cc2c1=O. The number of fused-ring (bicyclic) bond motifs is 1. The van der Waals surface area contributed by atoms with E-state index in [0.29, 0.717) is 34.5 Å². The number of benzene rings is 1. The van der Waals surface area contributed by atoms with Crippen molar-refractivity contribution in [1.82, 2.24) is 24.3 Å². The average Bonchev–Trinajstić information content (AvgIpc) is 3.21. The molecule has 7 nitrogen and oxygen atoms in total. The molecule has 0 aliphatic rings. The van der Waals surface area contributed by atoms with Crippen LogP contribution in [-0.4, -0.2) is 36.0 Å². The quantitative estimate of drug-likeness (QED) is 0.507. The van der Waals surface area contributed by atoms with Crippen LogP contribution >= 0.6 is 0 Å². The van der Waals surface area contributed by atoms with Gasteiger partial charge < -0.3 is 5.11 Å². The van der Waals surface area contributed by atoms with Gasteiger partial charge in [-0.15, -0.1) is 0 Å². The Kier molecular flexibility index (Phi) is 5.55. The molecule has 0 bridgehead atoms. The van der Waals surface area contributed by atoms with E-state index in [9.17, 15) is 23.1 Å². The zero-order chi connectivity index (χ0) is 23.0. The van der Waals surface area contributed by atoms with Crippen LogP contribution in [0.15, 0.2) is 53.8 Å². The topological polar surface area (TPSA) is 85.8 Å². The maximum atomic E-state index is 13.3. The number of nitrogens with zero attached hydrogens (tertiary/aromatic N) is 5. The summed E-state index contributed by atoms with van der Waals surface area (Å²) in [5, 5.41) is 14.0. The van der Waals surface area contributed by atoms with Gasteiger partial charge in [0, 0.05) is 24.4 Å².